The molecule has 2 fully saturated rings. The van der Waals surface area contributed by atoms with Gasteiger partial charge in [0.1, 0.15) is 0 Å². The maximum atomic E-state index is 12.6. The van der Waals surface area contributed by atoms with E-state index >= 15 is 0 Å². The molecule has 5 nitrogen and oxygen atoms in total. The Hall–Kier alpha value is -2.82. The van der Waals surface area contributed by atoms with Crippen LogP contribution in [-0.2, 0) is 22.6 Å². The molecule has 0 saturated carbocycles. The van der Waals surface area contributed by atoms with Crippen LogP contribution in [0.25, 0.3) is 0 Å². The van der Waals surface area contributed by atoms with Gasteiger partial charge in [0.15, 0.2) is 0 Å². The number of anilines is 1. The number of rotatable bonds is 7. The summed E-state index contributed by atoms with van der Waals surface area (Å²) in [5.74, 6) is -0.192. The number of hydrogen-bond donors (Lipinski definition) is 1. The molecule has 2 aliphatic heterocycles. The van der Waals surface area contributed by atoms with Crippen LogP contribution in [0.2, 0.25) is 0 Å². The highest BCUT2D eigenvalue weighted by molar-refractivity contribution is 5.89. The average Bonchev–Trinajstić information content (AvgIpc) is 3.42. The molecule has 0 bridgehead atoms. The zero-order valence-electron chi connectivity index (χ0n) is 16.8. The van der Waals surface area contributed by atoms with E-state index in [1.807, 2.05) is 23.1 Å². The Kier molecular flexibility index (Phi) is 6.13. The van der Waals surface area contributed by atoms with Gasteiger partial charge in [0.05, 0.1) is 5.92 Å². The minimum atomic E-state index is -0.248. The minimum Gasteiger partial charge on any atom is -0.372 e. The van der Waals surface area contributed by atoms with Gasteiger partial charge in [0.2, 0.25) is 11.8 Å². The largest absolute Gasteiger partial charge is 0.372 e. The second kappa shape index (κ2) is 9.12. The Bertz CT molecular complexity index is 829. The summed E-state index contributed by atoms with van der Waals surface area (Å²) < 4.78 is 0. The number of likely N-dealkylation sites (tertiary alicyclic amines) is 1. The van der Waals surface area contributed by atoms with Crippen LogP contribution < -0.4 is 10.2 Å². The lowest BCUT2D eigenvalue weighted by molar-refractivity contribution is -0.129. The maximum Gasteiger partial charge on any atom is 0.225 e. The Balaban J connectivity index is 1.24. The molecule has 1 atom stereocenters. The van der Waals surface area contributed by atoms with E-state index in [2.05, 4.69) is 46.6 Å². The molecule has 0 aromatic heterocycles. The third kappa shape index (κ3) is 4.97. The van der Waals surface area contributed by atoms with E-state index in [0.29, 0.717) is 26.1 Å². The lowest BCUT2D eigenvalue weighted by atomic mass is 10.1. The van der Waals surface area contributed by atoms with Gasteiger partial charge in [-0.15, -0.1) is 0 Å². The standard InChI is InChI=1S/C24H29N3O2/c28-23-16-21(18-27(23)15-12-19-6-2-1-3-7-19)24(29)25-17-20-8-10-22(11-9-20)26-13-4-5-14-26/h1-3,6-11,21H,4-5,12-18H2,(H,25,29). The number of benzene rings is 2. The Morgan fingerprint density at radius 3 is 2.41 bits per heavy atom. The van der Waals surface area contributed by atoms with Gasteiger partial charge < -0.3 is 15.1 Å². The van der Waals surface area contributed by atoms with Crippen LogP contribution in [0.5, 0.6) is 0 Å². The van der Waals surface area contributed by atoms with Gasteiger partial charge in [-0.05, 0) is 42.5 Å². The van der Waals surface area contributed by atoms with Gasteiger partial charge >= 0.3 is 0 Å². The van der Waals surface area contributed by atoms with Gasteiger partial charge in [-0.3, -0.25) is 9.59 Å². The van der Waals surface area contributed by atoms with E-state index in [4.69, 9.17) is 0 Å². The molecule has 2 aromatic rings. The Morgan fingerprint density at radius 1 is 0.966 bits per heavy atom. The molecule has 0 aliphatic carbocycles. The Labute approximate surface area is 172 Å². The van der Waals surface area contributed by atoms with Crippen molar-refractivity contribution < 1.29 is 9.59 Å². The molecule has 29 heavy (non-hydrogen) atoms. The predicted octanol–water partition coefficient (Wildman–Crippen LogP) is 2.99. The van der Waals surface area contributed by atoms with Crippen LogP contribution in [0.15, 0.2) is 54.6 Å². The van der Waals surface area contributed by atoms with E-state index in [1.165, 1.54) is 24.1 Å². The fourth-order valence-electron chi connectivity index (χ4n) is 4.21. The Morgan fingerprint density at radius 2 is 1.69 bits per heavy atom. The van der Waals surface area contributed by atoms with Crippen LogP contribution >= 0.6 is 0 Å². The maximum absolute atomic E-state index is 12.6. The average molecular weight is 392 g/mol. The zero-order valence-corrected chi connectivity index (χ0v) is 16.8. The molecular formula is C24H29N3O2. The molecule has 2 aromatic carbocycles. The summed E-state index contributed by atoms with van der Waals surface area (Å²) in [6.45, 7) is 3.96. The molecule has 1 unspecified atom stereocenters. The SMILES string of the molecule is O=C(NCc1ccc(N2CCCC2)cc1)C1CC(=O)N(CCc2ccccc2)C1. The van der Waals surface area contributed by atoms with Gasteiger partial charge in [0, 0.05) is 44.8 Å². The molecule has 0 spiro atoms. The summed E-state index contributed by atoms with van der Waals surface area (Å²) in [5, 5.41) is 3.01. The fourth-order valence-corrected chi connectivity index (χ4v) is 4.21. The monoisotopic (exact) mass is 391 g/mol. The van der Waals surface area contributed by atoms with E-state index in [1.54, 1.807) is 0 Å². The molecule has 1 N–H and O–H groups in total. The lowest BCUT2D eigenvalue weighted by Crippen LogP contribution is -2.33. The van der Waals surface area contributed by atoms with Gasteiger partial charge in [0.25, 0.3) is 0 Å². The van der Waals surface area contributed by atoms with E-state index in [-0.39, 0.29) is 17.7 Å². The third-order valence-corrected chi connectivity index (χ3v) is 5.97. The van der Waals surface area contributed by atoms with Gasteiger partial charge in [-0.2, -0.15) is 0 Å². The first-order chi connectivity index (χ1) is 14.2. The highest BCUT2D eigenvalue weighted by Gasteiger charge is 2.33. The van der Waals surface area contributed by atoms with Crippen LogP contribution in [0.4, 0.5) is 5.69 Å². The number of carbonyl (C=O) groups excluding carboxylic acids is 2. The van der Waals surface area contributed by atoms with Crippen molar-refractivity contribution in [1.29, 1.82) is 0 Å². The first-order valence-electron chi connectivity index (χ1n) is 10.6. The van der Waals surface area contributed by atoms with Crippen molar-refractivity contribution in [2.24, 2.45) is 5.92 Å². The van der Waals surface area contributed by atoms with Crippen LogP contribution in [0, 0.1) is 5.92 Å². The van der Waals surface area contributed by atoms with Crippen molar-refractivity contribution in [2.45, 2.75) is 32.2 Å². The van der Waals surface area contributed by atoms with E-state index < -0.39 is 0 Å². The number of nitrogens with one attached hydrogen (secondary N) is 1. The van der Waals surface area contributed by atoms with Crippen molar-refractivity contribution >= 4 is 17.5 Å². The molecule has 2 amide bonds. The van der Waals surface area contributed by atoms with Crippen LogP contribution in [-0.4, -0.2) is 42.9 Å². The summed E-state index contributed by atoms with van der Waals surface area (Å²) >= 11 is 0. The molecule has 4 rings (SSSR count). The summed E-state index contributed by atoms with van der Waals surface area (Å²) in [6, 6.07) is 18.6. The molecular weight excluding hydrogens is 362 g/mol. The number of hydrogen-bond acceptors (Lipinski definition) is 3. The fraction of sp³-hybridized carbons (Fsp3) is 0.417. The van der Waals surface area contributed by atoms with Crippen molar-refractivity contribution in [1.82, 2.24) is 10.2 Å². The zero-order chi connectivity index (χ0) is 20.1. The summed E-state index contributed by atoms with van der Waals surface area (Å²) in [5.41, 5.74) is 3.56. The molecule has 2 aliphatic rings. The highest BCUT2D eigenvalue weighted by Crippen LogP contribution is 2.21. The summed E-state index contributed by atoms with van der Waals surface area (Å²) in [6.07, 6.45) is 3.67. The molecule has 2 saturated heterocycles. The second-order valence-electron chi connectivity index (χ2n) is 8.05. The second-order valence-corrected chi connectivity index (χ2v) is 8.05. The van der Waals surface area contributed by atoms with Gasteiger partial charge in [-0.25, -0.2) is 0 Å². The molecule has 5 heteroatoms. The third-order valence-electron chi connectivity index (χ3n) is 5.97. The minimum absolute atomic E-state index is 0.0239. The lowest BCUT2D eigenvalue weighted by Gasteiger charge is -2.18. The predicted molar refractivity (Wildman–Crippen MR) is 115 cm³/mol. The number of nitrogens with zero attached hydrogens (tertiary/aromatic N) is 2. The quantitative estimate of drug-likeness (QED) is 0.789. The molecule has 152 valence electrons. The molecule has 0 radical (unpaired) electrons. The van der Waals surface area contributed by atoms with E-state index in [9.17, 15) is 9.59 Å². The number of carbonyl (C=O) groups is 2. The first-order valence-corrected chi connectivity index (χ1v) is 10.6. The topological polar surface area (TPSA) is 52.7 Å². The molecule has 2 heterocycles. The van der Waals surface area contributed by atoms with Crippen molar-refractivity contribution in [3.8, 4) is 0 Å². The van der Waals surface area contributed by atoms with Crippen molar-refractivity contribution in [3.05, 3.63) is 65.7 Å². The first kappa shape index (κ1) is 19.5. The number of amides is 2. The normalized spacial score (nSPS) is 19.0. The smallest absolute Gasteiger partial charge is 0.225 e. The summed E-state index contributed by atoms with van der Waals surface area (Å²) in [4.78, 5) is 29.1. The van der Waals surface area contributed by atoms with Gasteiger partial charge in [-0.1, -0.05) is 42.5 Å². The van der Waals surface area contributed by atoms with Crippen molar-refractivity contribution in [2.75, 3.05) is 31.1 Å². The summed E-state index contributed by atoms with van der Waals surface area (Å²) in [7, 11) is 0. The van der Waals surface area contributed by atoms with Crippen LogP contribution in [0.3, 0.4) is 0 Å². The van der Waals surface area contributed by atoms with Crippen LogP contribution in [0.1, 0.15) is 30.4 Å². The van der Waals surface area contributed by atoms with Crippen molar-refractivity contribution in [3.63, 3.8) is 0 Å². The van der Waals surface area contributed by atoms with E-state index in [0.717, 1.165) is 25.1 Å². The highest BCUT2D eigenvalue weighted by atomic mass is 16.2.